The zero-order chi connectivity index (χ0) is 14.5. The molecule has 1 saturated heterocycles. The molecule has 0 aliphatic carbocycles. The van der Waals surface area contributed by atoms with Crippen molar-refractivity contribution < 1.29 is 4.79 Å². The Morgan fingerprint density at radius 1 is 1.50 bits per heavy atom. The first-order valence-electron chi connectivity index (χ1n) is 7.13. The molecule has 0 saturated carbocycles. The predicted octanol–water partition coefficient (Wildman–Crippen LogP) is 3.41. The lowest BCUT2D eigenvalue weighted by atomic mass is 9.99. The minimum absolute atomic E-state index is 0.0222. The highest BCUT2D eigenvalue weighted by atomic mass is 79.9. The second kappa shape index (κ2) is 7.52. The SMILES string of the molecule is Cc1nc(NC(=O)CCBr)sc1CN1CCC(C)CC1. The molecule has 1 aromatic heterocycles. The molecule has 1 amide bonds. The molecule has 1 fully saturated rings. The number of carbonyl (C=O) groups excluding carboxylic acids is 1. The highest BCUT2D eigenvalue weighted by molar-refractivity contribution is 9.09. The standard InChI is InChI=1S/C14H22BrN3OS/c1-10-4-7-18(8-5-10)9-12-11(2)16-14(20-12)17-13(19)3-6-15/h10H,3-9H2,1-2H3,(H,16,17,19). The first kappa shape index (κ1) is 15.9. The van der Waals surface area contributed by atoms with Gasteiger partial charge < -0.3 is 5.32 Å². The van der Waals surface area contributed by atoms with Crippen molar-refractivity contribution in [1.29, 1.82) is 0 Å². The Hall–Kier alpha value is -0.460. The molecule has 2 rings (SSSR count). The molecule has 1 aliphatic heterocycles. The normalized spacial score (nSPS) is 17.4. The van der Waals surface area contributed by atoms with E-state index < -0.39 is 0 Å². The Balaban J connectivity index is 1.92. The highest BCUT2D eigenvalue weighted by Gasteiger charge is 2.18. The number of thiazole rings is 1. The summed E-state index contributed by atoms with van der Waals surface area (Å²) < 4.78 is 0. The first-order valence-corrected chi connectivity index (χ1v) is 9.06. The number of anilines is 1. The number of likely N-dealkylation sites (tertiary alicyclic amines) is 1. The van der Waals surface area contributed by atoms with Crippen LogP contribution in [0.25, 0.3) is 0 Å². The Kier molecular flexibility index (Phi) is 5.99. The third-order valence-corrected chi connectivity index (χ3v) is 5.16. The van der Waals surface area contributed by atoms with E-state index in [2.05, 4.69) is 38.1 Å². The van der Waals surface area contributed by atoms with Gasteiger partial charge in [0, 0.05) is 23.2 Å². The molecule has 0 spiro atoms. The fourth-order valence-corrected chi connectivity index (χ4v) is 3.70. The summed E-state index contributed by atoms with van der Waals surface area (Å²) in [5, 5.41) is 4.28. The maximum Gasteiger partial charge on any atom is 0.226 e. The van der Waals surface area contributed by atoms with Gasteiger partial charge in [-0.15, -0.1) is 11.3 Å². The van der Waals surface area contributed by atoms with Crippen LogP contribution in [0.5, 0.6) is 0 Å². The number of hydrogen-bond acceptors (Lipinski definition) is 4. The number of nitrogens with zero attached hydrogens (tertiary/aromatic N) is 2. The summed E-state index contributed by atoms with van der Waals surface area (Å²) in [6.07, 6.45) is 3.05. The molecule has 0 atom stereocenters. The fourth-order valence-electron chi connectivity index (χ4n) is 2.32. The van der Waals surface area contributed by atoms with E-state index in [1.165, 1.54) is 30.8 Å². The van der Waals surface area contributed by atoms with Gasteiger partial charge in [0.2, 0.25) is 5.91 Å². The van der Waals surface area contributed by atoms with Gasteiger partial charge in [0.05, 0.1) is 5.69 Å². The number of amides is 1. The maximum absolute atomic E-state index is 11.6. The van der Waals surface area contributed by atoms with Crippen molar-refractivity contribution in [3.63, 3.8) is 0 Å². The molecule has 1 aromatic rings. The van der Waals surface area contributed by atoms with Crippen molar-refractivity contribution in [2.24, 2.45) is 5.92 Å². The molecule has 0 radical (unpaired) electrons. The second-order valence-corrected chi connectivity index (χ2v) is 7.35. The third-order valence-electron chi connectivity index (χ3n) is 3.70. The minimum atomic E-state index is 0.0222. The van der Waals surface area contributed by atoms with Crippen LogP contribution in [0.3, 0.4) is 0 Å². The average molecular weight is 360 g/mol. The fraction of sp³-hybridized carbons (Fsp3) is 0.714. The summed E-state index contributed by atoms with van der Waals surface area (Å²) in [7, 11) is 0. The Morgan fingerprint density at radius 3 is 2.85 bits per heavy atom. The molecule has 6 heteroatoms. The lowest BCUT2D eigenvalue weighted by molar-refractivity contribution is -0.115. The van der Waals surface area contributed by atoms with Crippen molar-refractivity contribution in [3.8, 4) is 0 Å². The maximum atomic E-state index is 11.6. The molecule has 112 valence electrons. The van der Waals surface area contributed by atoms with Gasteiger partial charge in [0.15, 0.2) is 5.13 Å². The third kappa shape index (κ3) is 4.53. The molecular formula is C14H22BrN3OS. The van der Waals surface area contributed by atoms with Crippen LogP contribution in [-0.4, -0.2) is 34.2 Å². The van der Waals surface area contributed by atoms with Gasteiger partial charge in [-0.1, -0.05) is 22.9 Å². The summed E-state index contributed by atoms with van der Waals surface area (Å²) in [5.41, 5.74) is 1.04. The number of rotatable bonds is 5. The molecule has 0 bridgehead atoms. The molecule has 1 aliphatic rings. The number of nitrogens with one attached hydrogen (secondary N) is 1. The minimum Gasteiger partial charge on any atom is -0.302 e. The lowest BCUT2D eigenvalue weighted by Crippen LogP contribution is -2.32. The van der Waals surface area contributed by atoms with Crippen molar-refractivity contribution in [2.45, 2.75) is 39.7 Å². The van der Waals surface area contributed by atoms with Crippen LogP contribution in [0, 0.1) is 12.8 Å². The topological polar surface area (TPSA) is 45.2 Å². The number of piperidine rings is 1. The Morgan fingerprint density at radius 2 is 2.20 bits per heavy atom. The van der Waals surface area contributed by atoms with E-state index in [1.807, 2.05) is 6.92 Å². The smallest absolute Gasteiger partial charge is 0.226 e. The summed E-state index contributed by atoms with van der Waals surface area (Å²) >= 11 is 4.88. The Labute approximate surface area is 133 Å². The van der Waals surface area contributed by atoms with Gasteiger partial charge in [-0.25, -0.2) is 4.98 Å². The van der Waals surface area contributed by atoms with Crippen LogP contribution >= 0.6 is 27.3 Å². The molecule has 1 N–H and O–H groups in total. The number of aromatic nitrogens is 1. The van der Waals surface area contributed by atoms with Gasteiger partial charge in [-0.3, -0.25) is 9.69 Å². The molecule has 0 unspecified atom stereocenters. The number of aryl methyl sites for hydroxylation is 1. The van der Waals surface area contributed by atoms with Crippen LogP contribution < -0.4 is 5.32 Å². The Bertz CT molecular complexity index is 455. The summed E-state index contributed by atoms with van der Waals surface area (Å²) in [4.78, 5) is 19.8. The summed E-state index contributed by atoms with van der Waals surface area (Å²) in [6.45, 7) is 7.66. The van der Waals surface area contributed by atoms with Crippen molar-refractivity contribution >= 4 is 38.3 Å². The van der Waals surface area contributed by atoms with Gasteiger partial charge in [-0.05, 0) is 38.8 Å². The van der Waals surface area contributed by atoms with Crippen molar-refractivity contribution in [3.05, 3.63) is 10.6 Å². The second-order valence-electron chi connectivity index (χ2n) is 5.47. The number of hydrogen-bond donors (Lipinski definition) is 1. The van der Waals surface area contributed by atoms with Gasteiger partial charge in [0.25, 0.3) is 0 Å². The van der Waals surface area contributed by atoms with Crippen LogP contribution in [0.2, 0.25) is 0 Å². The van der Waals surface area contributed by atoms with Crippen molar-refractivity contribution in [2.75, 3.05) is 23.7 Å². The van der Waals surface area contributed by atoms with E-state index in [1.54, 1.807) is 11.3 Å². The van der Waals surface area contributed by atoms with E-state index in [9.17, 15) is 4.79 Å². The number of alkyl halides is 1. The van der Waals surface area contributed by atoms with Gasteiger partial charge >= 0.3 is 0 Å². The van der Waals surface area contributed by atoms with Crippen LogP contribution in [0.15, 0.2) is 0 Å². The quantitative estimate of drug-likeness (QED) is 0.819. The molecule has 4 nitrogen and oxygen atoms in total. The zero-order valence-corrected chi connectivity index (χ0v) is 14.5. The lowest BCUT2D eigenvalue weighted by Gasteiger charge is -2.29. The zero-order valence-electron chi connectivity index (χ0n) is 12.1. The molecule has 20 heavy (non-hydrogen) atoms. The average Bonchev–Trinajstić information content (AvgIpc) is 2.72. The van der Waals surface area contributed by atoms with E-state index in [4.69, 9.17) is 0 Å². The van der Waals surface area contributed by atoms with Crippen LogP contribution in [0.1, 0.15) is 36.8 Å². The number of halogens is 1. The first-order chi connectivity index (χ1) is 9.58. The van der Waals surface area contributed by atoms with Gasteiger partial charge in [0.1, 0.15) is 0 Å². The van der Waals surface area contributed by atoms with Crippen molar-refractivity contribution in [1.82, 2.24) is 9.88 Å². The van der Waals surface area contributed by atoms with Crippen LogP contribution in [-0.2, 0) is 11.3 Å². The summed E-state index contributed by atoms with van der Waals surface area (Å²) in [6, 6.07) is 0. The summed E-state index contributed by atoms with van der Waals surface area (Å²) in [5.74, 6) is 0.877. The largest absolute Gasteiger partial charge is 0.302 e. The molecule has 2 heterocycles. The van der Waals surface area contributed by atoms with E-state index in [0.717, 1.165) is 23.3 Å². The van der Waals surface area contributed by atoms with E-state index in [0.29, 0.717) is 11.8 Å². The number of carbonyl (C=O) groups is 1. The monoisotopic (exact) mass is 359 g/mol. The molecule has 0 aromatic carbocycles. The highest BCUT2D eigenvalue weighted by Crippen LogP contribution is 2.26. The van der Waals surface area contributed by atoms with Gasteiger partial charge in [-0.2, -0.15) is 0 Å². The predicted molar refractivity (Wildman–Crippen MR) is 87.6 cm³/mol. The van der Waals surface area contributed by atoms with E-state index >= 15 is 0 Å². The van der Waals surface area contributed by atoms with E-state index in [-0.39, 0.29) is 5.91 Å². The molecular weight excluding hydrogens is 338 g/mol. The van der Waals surface area contributed by atoms with Crippen LogP contribution in [0.4, 0.5) is 5.13 Å².